The Hall–Kier alpha value is -5.40. The van der Waals surface area contributed by atoms with Gasteiger partial charge in [0.1, 0.15) is 0 Å². The molecule has 1 aliphatic rings. The van der Waals surface area contributed by atoms with Crippen LogP contribution in [-0.4, -0.2) is 6.54 Å². The predicted molar refractivity (Wildman–Crippen MR) is 185 cm³/mol. The largest absolute Gasteiger partial charge is 0.387 e. The molecule has 1 nitrogen and oxygen atoms in total. The van der Waals surface area contributed by atoms with Gasteiger partial charge in [-0.25, -0.2) is 0 Å². The molecule has 1 heteroatoms. The minimum Gasteiger partial charge on any atom is -0.387 e. The number of dihydropyridines is 1. The Kier molecular flexibility index (Phi) is 6.16. The average molecular weight is 550 g/mol. The lowest BCUT2D eigenvalue weighted by molar-refractivity contribution is 0.925. The van der Waals surface area contributed by atoms with Gasteiger partial charge in [-0.2, -0.15) is 0 Å². The van der Waals surface area contributed by atoms with E-state index in [-0.39, 0.29) is 0 Å². The summed E-state index contributed by atoms with van der Waals surface area (Å²) in [4.78, 5) is 0. The van der Waals surface area contributed by atoms with Crippen LogP contribution < -0.4 is 5.32 Å². The summed E-state index contributed by atoms with van der Waals surface area (Å²) in [7, 11) is 0. The topological polar surface area (TPSA) is 12.0 Å². The van der Waals surface area contributed by atoms with Crippen LogP contribution >= 0.6 is 0 Å². The van der Waals surface area contributed by atoms with E-state index in [4.69, 9.17) is 0 Å². The van der Waals surface area contributed by atoms with Gasteiger partial charge in [0.15, 0.2) is 0 Å². The first kappa shape index (κ1) is 25.3. The SMILES string of the molecule is CC1=CC(c2ccc(-c3ccc4ccc(-c5c6ccccc6c(-c6ccccc6)c6ccccc56)cc4c3)cc2)=CNC1. The molecule has 0 radical (unpaired) electrons. The molecule has 0 amide bonds. The molecule has 0 bridgehead atoms. The molecule has 0 aromatic heterocycles. The highest BCUT2D eigenvalue weighted by Crippen LogP contribution is 2.44. The van der Waals surface area contributed by atoms with E-state index in [0.29, 0.717) is 0 Å². The van der Waals surface area contributed by atoms with E-state index < -0.39 is 0 Å². The van der Waals surface area contributed by atoms with Crippen molar-refractivity contribution in [3.05, 3.63) is 163 Å². The second-order valence-electron chi connectivity index (χ2n) is 11.5. The fourth-order valence-corrected chi connectivity index (χ4v) is 6.64. The normalized spacial score (nSPS) is 13.1. The Morgan fingerprint density at radius 1 is 0.442 bits per heavy atom. The molecule has 0 fully saturated rings. The molecule has 1 heterocycles. The highest BCUT2D eigenvalue weighted by atomic mass is 14.8. The molecule has 7 aromatic rings. The third-order valence-electron chi connectivity index (χ3n) is 8.71. The number of hydrogen-bond acceptors (Lipinski definition) is 1. The van der Waals surface area contributed by atoms with E-state index in [9.17, 15) is 0 Å². The van der Waals surface area contributed by atoms with Crippen LogP contribution in [0.3, 0.4) is 0 Å². The molecule has 0 unspecified atom stereocenters. The van der Waals surface area contributed by atoms with Crippen LogP contribution in [0, 0.1) is 0 Å². The molecule has 0 saturated heterocycles. The first-order chi connectivity index (χ1) is 21.2. The van der Waals surface area contributed by atoms with Crippen molar-refractivity contribution >= 4 is 37.9 Å². The molecule has 8 rings (SSSR count). The molecule has 204 valence electrons. The Bertz CT molecular complexity index is 2160. The maximum Gasteiger partial charge on any atom is 0.0355 e. The fourth-order valence-electron chi connectivity index (χ4n) is 6.64. The van der Waals surface area contributed by atoms with E-state index in [0.717, 1.165) is 6.54 Å². The van der Waals surface area contributed by atoms with Crippen LogP contribution in [0.1, 0.15) is 12.5 Å². The lowest BCUT2D eigenvalue weighted by Gasteiger charge is -2.18. The van der Waals surface area contributed by atoms with Gasteiger partial charge < -0.3 is 5.32 Å². The first-order valence-corrected chi connectivity index (χ1v) is 15.0. The van der Waals surface area contributed by atoms with Crippen LogP contribution in [-0.2, 0) is 0 Å². The number of rotatable bonds is 4. The monoisotopic (exact) mass is 549 g/mol. The third-order valence-corrected chi connectivity index (χ3v) is 8.71. The van der Waals surface area contributed by atoms with E-state index in [2.05, 4.69) is 164 Å². The van der Waals surface area contributed by atoms with Crippen LogP contribution in [0.25, 0.3) is 71.3 Å². The second-order valence-corrected chi connectivity index (χ2v) is 11.5. The zero-order chi connectivity index (χ0) is 28.8. The molecule has 0 saturated carbocycles. The van der Waals surface area contributed by atoms with Crippen LogP contribution in [0.4, 0.5) is 0 Å². The summed E-state index contributed by atoms with van der Waals surface area (Å²) in [5.41, 5.74) is 11.3. The molecule has 1 N–H and O–H groups in total. The van der Waals surface area contributed by atoms with Gasteiger partial charge in [0.25, 0.3) is 0 Å². The van der Waals surface area contributed by atoms with Crippen LogP contribution in [0.2, 0.25) is 0 Å². The maximum absolute atomic E-state index is 3.37. The minimum atomic E-state index is 0.920. The minimum absolute atomic E-state index is 0.920. The van der Waals surface area contributed by atoms with Crippen molar-refractivity contribution in [3.63, 3.8) is 0 Å². The molecular formula is C42H31N. The van der Waals surface area contributed by atoms with Crippen molar-refractivity contribution in [3.8, 4) is 33.4 Å². The fraction of sp³-hybridized carbons (Fsp3) is 0.0476. The Labute approximate surface area is 252 Å². The molecule has 7 aromatic carbocycles. The van der Waals surface area contributed by atoms with E-state index in [1.165, 1.54) is 82.4 Å². The zero-order valence-corrected chi connectivity index (χ0v) is 24.1. The Morgan fingerprint density at radius 2 is 0.953 bits per heavy atom. The quantitative estimate of drug-likeness (QED) is 0.215. The molecule has 0 spiro atoms. The van der Waals surface area contributed by atoms with Gasteiger partial charge in [-0.1, -0.05) is 139 Å². The highest BCUT2D eigenvalue weighted by Gasteiger charge is 2.16. The van der Waals surface area contributed by atoms with Crippen molar-refractivity contribution in [2.24, 2.45) is 0 Å². The lowest BCUT2D eigenvalue weighted by atomic mass is 9.85. The number of fused-ring (bicyclic) bond motifs is 3. The van der Waals surface area contributed by atoms with Gasteiger partial charge in [-0.15, -0.1) is 0 Å². The average Bonchev–Trinajstić information content (AvgIpc) is 3.07. The van der Waals surface area contributed by atoms with E-state index in [1.807, 2.05) is 0 Å². The first-order valence-electron chi connectivity index (χ1n) is 15.0. The standard InChI is InChI=1S/C42H31N/c1-28-23-36(27-43-26-28)31-17-15-29(16-18-31)33-21-19-30-20-22-34(25-35(30)24-33)42-39-13-7-5-11-37(39)41(32-9-3-2-4-10-32)38-12-6-8-14-40(38)42/h2-25,27,43H,26H2,1H3. The van der Waals surface area contributed by atoms with Crippen LogP contribution in [0.5, 0.6) is 0 Å². The maximum atomic E-state index is 3.37. The summed E-state index contributed by atoms with van der Waals surface area (Å²) in [5, 5.41) is 11.0. The number of nitrogens with one attached hydrogen (secondary N) is 1. The number of hydrogen-bond donors (Lipinski definition) is 1. The molecule has 0 atom stereocenters. The summed E-state index contributed by atoms with van der Waals surface area (Å²) in [6.45, 7) is 3.09. The second kappa shape index (κ2) is 10.5. The predicted octanol–water partition coefficient (Wildman–Crippen LogP) is 11.0. The summed E-state index contributed by atoms with van der Waals surface area (Å²) in [6.07, 6.45) is 4.38. The highest BCUT2D eigenvalue weighted by molar-refractivity contribution is 6.21. The van der Waals surface area contributed by atoms with Gasteiger partial charge in [0.05, 0.1) is 0 Å². The van der Waals surface area contributed by atoms with Gasteiger partial charge in [-0.3, -0.25) is 0 Å². The van der Waals surface area contributed by atoms with Gasteiger partial charge in [-0.05, 0) is 95.9 Å². The number of benzene rings is 7. The molecular weight excluding hydrogens is 518 g/mol. The van der Waals surface area contributed by atoms with E-state index >= 15 is 0 Å². The van der Waals surface area contributed by atoms with Crippen LogP contribution in [0.15, 0.2) is 157 Å². The van der Waals surface area contributed by atoms with Gasteiger partial charge in [0, 0.05) is 12.7 Å². The summed E-state index contributed by atoms with van der Waals surface area (Å²) >= 11 is 0. The molecule has 0 aliphatic carbocycles. The smallest absolute Gasteiger partial charge is 0.0355 e. The van der Waals surface area contributed by atoms with E-state index in [1.54, 1.807) is 0 Å². The third kappa shape index (κ3) is 4.51. The lowest BCUT2D eigenvalue weighted by Crippen LogP contribution is -2.12. The number of allylic oxidation sites excluding steroid dienone is 2. The van der Waals surface area contributed by atoms with Crippen molar-refractivity contribution in [2.75, 3.05) is 6.54 Å². The van der Waals surface area contributed by atoms with Crippen molar-refractivity contribution < 1.29 is 0 Å². The Morgan fingerprint density at radius 3 is 1.58 bits per heavy atom. The van der Waals surface area contributed by atoms with Gasteiger partial charge in [0.2, 0.25) is 0 Å². The van der Waals surface area contributed by atoms with Crippen molar-refractivity contribution in [1.82, 2.24) is 5.32 Å². The van der Waals surface area contributed by atoms with Gasteiger partial charge >= 0.3 is 0 Å². The van der Waals surface area contributed by atoms with Crippen molar-refractivity contribution in [2.45, 2.75) is 6.92 Å². The summed E-state index contributed by atoms with van der Waals surface area (Å²) in [6, 6.07) is 51.2. The molecule has 1 aliphatic heterocycles. The summed E-state index contributed by atoms with van der Waals surface area (Å²) < 4.78 is 0. The molecule has 43 heavy (non-hydrogen) atoms. The summed E-state index contributed by atoms with van der Waals surface area (Å²) in [5.74, 6) is 0. The zero-order valence-electron chi connectivity index (χ0n) is 24.1. The Balaban J connectivity index is 1.27. The van der Waals surface area contributed by atoms with Crippen molar-refractivity contribution in [1.29, 1.82) is 0 Å².